The van der Waals surface area contributed by atoms with Crippen molar-refractivity contribution in [3.63, 3.8) is 0 Å². The molecule has 8 heteroatoms. The first-order valence-corrected chi connectivity index (χ1v) is 11.5. The number of aliphatic hydroxyl groups is 1. The summed E-state index contributed by atoms with van der Waals surface area (Å²) in [6, 6.07) is 16.2. The van der Waals surface area contributed by atoms with Crippen LogP contribution in [0, 0.1) is 6.92 Å². The second-order valence-electron chi connectivity index (χ2n) is 7.73. The Balaban J connectivity index is 1.96. The van der Waals surface area contributed by atoms with Crippen molar-refractivity contribution >= 4 is 50.7 Å². The SMILES string of the molecule is COc1cccc(C2/C(=C(\O)c3ccc(OC)c(Br)c3)C(=O)C(=O)N2c2ccc(C)c(Cl)c2)c1. The number of hydrogen-bond acceptors (Lipinski definition) is 5. The Morgan fingerprint density at radius 3 is 2.44 bits per heavy atom. The number of anilines is 1. The molecule has 1 heterocycles. The molecule has 34 heavy (non-hydrogen) atoms. The van der Waals surface area contributed by atoms with Crippen LogP contribution in [0.25, 0.3) is 5.76 Å². The molecule has 0 spiro atoms. The maximum atomic E-state index is 13.3. The third kappa shape index (κ3) is 4.17. The lowest BCUT2D eigenvalue weighted by atomic mass is 9.95. The van der Waals surface area contributed by atoms with Crippen LogP contribution in [0.5, 0.6) is 11.5 Å². The molecule has 174 valence electrons. The Morgan fingerprint density at radius 1 is 1.03 bits per heavy atom. The number of halogens is 2. The zero-order valence-corrected chi connectivity index (χ0v) is 21.0. The van der Waals surface area contributed by atoms with Gasteiger partial charge in [0.15, 0.2) is 0 Å². The van der Waals surface area contributed by atoms with Crippen LogP contribution >= 0.6 is 27.5 Å². The topological polar surface area (TPSA) is 76.1 Å². The predicted molar refractivity (Wildman–Crippen MR) is 135 cm³/mol. The van der Waals surface area contributed by atoms with Crippen molar-refractivity contribution in [3.8, 4) is 11.5 Å². The number of aryl methyl sites for hydroxylation is 1. The molecule has 1 amide bonds. The number of ether oxygens (including phenoxy) is 2. The fraction of sp³-hybridized carbons (Fsp3) is 0.154. The van der Waals surface area contributed by atoms with E-state index < -0.39 is 17.7 Å². The molecule has 1 aliphatic rings. The Morgan fingerprint density at radius 2 is 1.79 bits per heavy atom. The van der Waals surface area contributed by atoms with E-state index in [9.17, 15) is 14.7 Å². The lowest BCUT2D eigenvalue weighted by Crippen LogP contribution is -2.29. The number of carbonyl (C=O) groups excluding carboxylic acids is 2. The maximum Gasteiger partial charge on any atom is 0.300 e. The van der Waals surface area contributed by atoms with Gasteiger partial charge in [-0.2, -0.15) is 0 Å². The van der Waals surface area contributed by atoms with Crippen LogP contribution in [0.15, 0.2) is 70.7 Å². The van der Waals surface area contributed by atoms with Crippen molar-refractivity contribution < 1.29 is 24.2 Å². The van der Waals surface area contributed by atoms with Gasteiger partial charge in [-0.15, -0.1) is 0 Å². The van der Waals surface area contributed by atoms with Gasteiger partial charge in [0.05, 0.1) is 30.3 Å². The zero-order valence-electron chi connectivity index (χ0n) is 18.6. The highest BCUT2D eigenvalue weighted by Crippen LogP contribution is 2.44. The number of methoxy groups -OCH3 is 2. The third-order valence-electron chi connectivity index (χ3n) is 5.71. The summed E-state index contributed by atoms with van der Waals surface area (Å²) in [5.74, 6) is -0.737. The normalized spacial score (nSPS) is 17.2. The summed E-state index contributed by atoms with van der Waals surface area (Å²) in [6.07, 6.45) is 0. The Labute approximate surface area is 210 Å². The van der Waals surface area contributed by atoms with E-state index in [4.69, 9.17) is 21.1 Å². The van der Waals surface area contributed by atoms with Gasteiger partial charge in [0.2, 0.25) is 0 Å². The molecule has 1 saturated heterocycles. The van der Waals surface area contributed by atoms with Crippen molar-refractivity contribution in [2.75, 3.05) is 19.1 Å². The van der Waals surface area contributed by atoms with Crippen molar-refractivity contribution in [2.45, 2.75) is 13.0 Å². The number of rotatable bonds is 5. The first kappa shape index (κ1) is 23.9. The molecule has 3 aromatic carbocycles. The quantitative estimate of drug-likeness (QED) is 0.241. The van der Waals surface area contributed by atoms with E-state index in [0.29, 0.717) is 37.8 Å². The van der Waals surface area contributed by atoms with Crippen LogP contribution in [0.1, 0.15) is 22.7 Å². The van der Waals surface area contributed by atoms with Gasteiger partial charge in [0, 0.05) is 16.3 Å². The number of carbonyl (C=O) groups is 2. The van der Waals surface area contributed by atoms with Crippen molar-refractivity contribution in [1.82, 2.24) is 0 Å². The van der Waals surface area contributed by atoms with Crippen LogP contribution in [0.3, 0.4) is 0 Å². The molecular formula is C26H21BrClNO5. The summed E-state index contributed by atoms with van der Waals surface area (Å²) in [7, 11) is 3.06. The van der Waals surface area contributed by atoms with Crippen molar-refractivity contribution in [1.29, 1.82) is 0 Å². The smallest absolute Gasteiger partial charge is 0.300 e. The van der Waals surface area contributed by atoms with E-state index in [0.717, 1.165) is 5.56 Å². The zero-order chi connectivity index (χ0) is 24.6. The summed E-state index contributed by atoms with van der Waals surface area (Å²) in [4.78, 5) is 27.9. The van der Waals surface area contributed by atoms with Crippen LogP contribution in [0.2, 0.25) is 5.02 Å². The number of Topliss-reactive ketones (excluding diaryl/α,β-unsaturated/α-hetero) is 1. The molecule has 1 atom stereocenters. The number of amides is 1. The largest absolute Gasteiger partial charge is 0.507 e. The lowest BCUT2D eigenvalue weighted by molar-refractivity contribution is -0.132. The Kier molecular flexibility index (Phi) is 6.68. The van der Waals surface area contributed by atoms with Gasteiger partial charge < -0.3 is 14.6 Å². The average Bonchev–Trinajstić information content (AvgIpc) is 3.10. The van der Waals surface area contributed by atoms with E-state index in [-0.39, 0.29) is 11.3 Å². The van der Waals surface area contributed by atoms with Crippen molar-refractivity contribution in [2.24, 2.45) is 0 Å². The summed E-state index contributed by atoms with van der Waals surface area (Å²) in [5.41, 5.74) is 2.21. The minimum absolute atomic E-state index is 0.0352. The lowest BCUT2D eigenvalue weighted by Gasteiger charge is -2.26. The van der Waals surface area contributed by atoms with E-state index in [2.05, 4.69) is 15.9 Å². The molecule has 1 N–H and O–H groups in total. The molecule has 0 radical (unpaired) electrons. The van der Waals surface area contributed by atoms with E-state index >= 15 is 0 Å². The maximum absolute atomic E-state index is 13.3. The summed E-state index contributed by atoms with van der Waals surface area (Å²) < 4.78 is 11.2. The summed E-state index contributed by atoms with van der Waals surface area (Å²) >= 11 is 9.74. The number of aliphatic hydroxyl groups excluding tert-OH is 1. The second kappa shape index (κ2) is 9.52. The first-order valence-electron chi connectivity index (χ1n) is 10.3. The molecular weight excluding hydrogens is 522 g/mol. The summed E-state index contributed by atoms with van der Waals surface area (Å²) in [5, 5.41) is 11.7. The summed E-state index contributed by atoms with van der Waals surface area (Å²) in [6.45, 7) is 1.85. The molecule has 6 nitrogen and oxygen atoms in total. The molecule has 0 bridgehead atoms. The average molecular weight is 543 g/mol. The fourth-order valence-electron chi connectivity index (χ4n) is 3.93. The minimum Gasteiger partial charge on any atom is -0.507 e. The van der Waals surface area contributed by atoms with Gasteiger partial charge in [-0.3, -0.25) is 14.5 Å². The Bertz CT molecular complexity index is 1340. The monoisotopic (exact) mass is 541 g/mol. The van der Waals surface area contributed by atoms with E-state index in [1.807, 2.05) is 6.92 Å². The van der Waals surface area contributed by atoms with Crippen LogP contribution in [0.4, 0.5) is 5.69 Å². The fourth-order valence-corrected chi connectivity index (χ4v) is 4.64. The molecule has 3 aromatic rings. The van der Waals surface area contributed by atoms with Gasteiger partial charge in [-0.05, 0) is 76.4 Å². The number of hydrogen-bond donors (Lipinski definition) is 1. The van der Waals surface area contributed by atoms with Crippen LogP contribution in [-0.4, -0.2) is 31.0 Å². The number of nitrogens with zero attached hydrogens (tertiary/aromatic N) is 1. The minimum atomic E-state index is -0.894. The second-order valence-corrected chi connectivity index (χ2v) is 8.99. The standard InChI is InChI=1S/C26H21BrClNO5/c1-14-7-9-17(13-20(14)28)29-23(15-5-4-6-18(11-15)33-2)22(25(31)26(29)32)24(30)16-8-10-21(34-3)19(27)12-16/h4-13,23,30H,1-3H3/b24-22+. The molecule has 1 unspecified atom stereocenters. The van der Waals surface area contributed by atoms with Gasteiger partial charge in [0.25, 0.3) is 11.7 Å². The highest BCUT2D eigenvalue weighted by atomic mass is 79.9. The predicted octanol–water partition coefficient (Wildman–Crippen LogP) is 6.05. The molecule has 1 fully saturated rings. The van der Waals surface area contributed by atoms with Gasteiger partial charge in [0.1, 0.15) is 17.3 Å². The molecule has 0 saturated carbocycles. The van der Waals surface area contributed by atoms with E-state index in [1.54, 1.807) is 60.7 Å². The highest BCUT2D eigenvalue weighted by molar-refractivity contribution is 9.10. The van der Waals surface area contributed by atoms with Gasteiger partial charge >= 0.3 is 0 Å². The first-order chi connectivity index (χ1) is 16.3. The molecule has 4 rings (SSSR count). The molecule has 1 aliphatic heterocycles. The van der Waals surface area contributed by atoms with Gasteiger partial charge in [-0.25, -0.2) is 0 Å². The molecule has 0 aliphatic carbocycles. The number of benzene rings is 3. The van der Waals surface area contributed by atoms with Crippen LogP contribution in [-0.2, 0) is 9.59 Å². The van der Waals surface area contributed by atoms with Gasteiger partial charge in [-0.1, -0.05) is 29.8 Å². The Hall–Kier alpha value is -3.29. The van der Waals surface area contributed by atoms with Crippen molar-refractivity contribution in [3.05, 3.63) is 92.4 Å². The highest BCUT2D eigenvalue weighted by Gasteiger charge is 2.47. The molecule has 0 aromatic heterocycles. The number of ketones is 1. The van der Waals surface area contributed by atoms with E-state index in [1.165, 1.54) is 19.1 Å². The van der Waals surface area contributed by atoms with Crippen LogP contribution < -0.4 is 14.4 Å². The third-order valence-corrected chi connectivity index (χ3v) is 6.74.